The number of piperidine rings is 1. The second-order valence-electron chi connectivity index (χ2n) is 6.09. The second-order valence-corrected chi connectivity index (χ2v) is 6.09. The molecule has 0 saturated carbocycles. The molecule has 3 nitrogen and oxygen atoms in total. The molecule has 4 N–H and O–H groups in total. The van der Waals surface area contributed by atoms with Crippen LogP contribution < -0.4 is 16.4 Å². The standard InChI is InChI=1S/C12H27N3/c1-11(2)8-10(14-7-5-6-13)9-12(3,4)15-11/h10,14-15H,5-9,13H2,1-4H3. The number of rotatable bonds is 4. The molecule has 0 aromatic heterocycles. The van der Waals surface area contributed by atoms with E-state index in [4.69, 9.17) is 5.73 Å². The van der Waals surface area contributed by atoms with Gasteiger partial charge in [0.1, 0.15) is 0 Å². The van der Waals surface area contributed by atoms with E-state index in [1.165, 1.54) is 12.8 Å². The predicted octanol–water partition coefficient (Wildman–Crippen LogP) is 1.23. The Kier molecular flexibility index (Phi) is 4.15. The third kappa shape index (κ3) is 4.49. The molecule has 1 aliphatic heterocycles. The zero-order valence-electron chi connectivity index (χ0n) is 10.7. The molecule has 0 radical (unpaired) electrons. The molecule has 0 atom stereocenters. The lowest BCUT2D eigenvalue weighted by molar-refractivity contribution is 0.146. The summed E-state index contributed by atoms with van der Waals surface area (Å²) >= 11 is 0. The van der Waals surface area contributed by atoms with Gasteiger partial charge in [-0.1, -0.05) is 0 Å². The molecule has 0 aliphatic carbocycles. The molecule has 0 bridgehead atoms. The average molecular weight is 213 g/mol. The summed E-state index contributed by atoms with van der Waals surface area (Å²) < 4.78 is 0. The largest absolute Gasteiger partial charge is 0.330 e. The van der Waals surface area contributed by atoms with Gasteiger partial charge in [0.25, 0.3) is 0 Å². The van der Waals surface area contributed by atoms with Crippen LogP contribution >= 0.6 is 0 Å². The third-order valence-corrected chi connectivity index (χ3v) is 3.00. The summed E-state index contributed by atoms with van der Waals surface area (Å²) in [5, 5.41) is 7.30. The van der Waals surface area contributed by atoms with Crippen molar-refractivity contribution >= 4 is 0 Å². The van der Waals surface area contributed by atoms with Gasteiger partial charge in [-0.25, -0.2) is 0 Å². The van der Waals surface area contributed by atoms with Crippen molar-refractivity contribution in [1.82, 2.24) is 10.6 Å². The van der Waals surface area contributed by atoms with Crippen LogP contribution in [-0.2, 0) is 0 Å². The summed E-state index contributed by atoms with van der Waals surface area (Å²) in [7, 11) is 0. The van der Waals surface area contributed by atoms with Gasteiger partial charge in [0, 0.05) is 17.1 Å². The van der Waals surface area contributed by atoms with Crippen LogP contribution in [0.3, 0.4) is 0 Å². The van der Waals surface area contributed by atoms with Gasteiger partial charge in [0.2, 0.25) is 0 Å². The second kappa shape index (κ2) is 4.81. The maximum atomic E-state index is 5.50. The summed E-state index contributed by atoms with van der Waals surface area (Å²) in [4.78, 5) is 0. The van der Waals surface area contributed by atoms with Crippen LogP contribution in [0.5, 0.6) is 0 Å². The van der Waals surface area contributed by atoms with Crippen LogP contribution in [0.1, 0.15) is 47.0 Å². The van der Waals surface area contributed by atoms with Gasteiger partial charge in [0.15, 0.2) is 0 Å². The van der Waals surface area contributed by atoms with E-state index in [0.717, 1.165) is 19.5 Å². The van der Waals surface area contributed by atoms with Gasteiger partial charge in [-0.2, -0.15) is 0 Å². The van der Waals surface area contributed by atoms with Crippen LogP contribution in [-0.4, -0.2) is 30.2 Å². The number of nitrogens with one attached hydrogen (secondary N) is 2. The Hall–Kier alpha value is -0.120. The fourth-order valence-electron chi connectivity index (χ4n) is 2.87. The zero-order chi connectivity index (χ0) is 11.5. The Morgan fingerprint density at radius 2 is 1.73 bits per heavy atom. The maximum Gasteiger partial charge on any atom is 0.0144 e. The molecule has 90 valence electrons. The van der Waals surface area contributed by atoms with E-state index < -0.39 is 0 Å². The van der Waals surface area contributed by atoms with Crippen molar-refractivity contribution < 1.29 is 0 Å². The molecular weight excluding hydrogens is 186 g/mol. The van der Waals surface area contributed by atoms with Crippen LogP contribution in [0.15, 0.2) is 0 Å². The molecule has 1 fully saturated rings. The van der Waals surface area contributed by atoms with Gasteiger partial charge in [-0.3, -0.25) is 0 Å². The summed E-state index contributed by atoms with van der Waals surface area (Å²) in [5.74, 6) is 0. The highest BCUT2D eigenvalue weighted by Crippen LogP contribution is 2.28. The first-order valence-electron chi connectivity index (χ1n) is 6.07. The lowest BCUT2D eigenvalue weighted by atomic mass is 9.79. The molecular formula is C12H27N3. The van der Waals surface area contributed by atoms with Crippen LogP contribution in [0.4, 0.5) is 0 Å². The highest BCUT2D eigenvalue weighted by Gasteiger charge is 2.37. The molecule has 1 rings (SSSR count). The van der Waals surface area contributed by atoms with E-state index in [-0.39, 0.29) is 11.1 Å². The highest BCUT2D eigenvalue weighted by atomic mass is 15.1. The molecule has 0 unspecified atom stereocenters. The van der Waals surface area contributed by atoms with Crippen molar-refractivity contribution in [2.75, 3.05) is 13.1 Å². The van der Waals surface area contributed by atoms with Crippen molar-refractivity contribution in [1.29, 1.82) is 0 Å². The van der Waals surface area contributed by atoms with Gasteiger partial charge in [-0.15, -0.1) is 0 Å². The van der Waals surface area contributed by atoms with Crippen molar-refractivity contribution in [2.45, 2.75) is 64.1 Å². The quantitative estimate of drug-likeness (QED) is 0.616. The minimum atomic E-state index is 0.238. The Morgan fingerprint density at radius 3 is 2.20 bits per heavy atom. The normalized spacial score (nSPS) is 25.4. The summed E-state index contributed by atoms with van der Waals surface area (Å²) in [6, 6.07) is 0.628. The van der Waals surface area contributed by atoms with E-state index in [0.29, 0.717) is 6.04 Å². The third-order valence-electron chi connectivity index (χ3n) is 3.00. The maximum absolute atomic E-state index is 5.50. The minimum Gasteiger partial charge on any atom is -0.330 e. The van der Waals surface area contributed by atoms with Crippen LogP contribution in [0, 0.1) is 0 Å². The fraction of sp³-hybridized carbons (Fsp3) is 1.00. The Morgan fingerprint density at radius 1 is 1.20 bits per heavy atom. The smallest absolute Gasteiger partial charge is 0.0144 e. The summed E-state index contributed by atoms with van der Waals surface area (Å²) in [6.07, 6.45) is 3.47. The van der Waals surface area contributed by atoms with E-state index in [1.807, 2.05) is 0 Å². The SMILES string of the molecule is CC1(C)CC(NCCCN)CC(C)(C)N1. The summed E-state index contributed by atoms with van der Waals surface area (Å²) in [6.45, 7) is 11.0. The van der Waals surface area contributed by atoms with Gasteiger partial charge >= 0.3 is 0 Å². The highest BCUT2D eigenvalue weighted by molar-refractivity contribution is 4.99. The first-order chi connectivity index (χ1) is 6.85. The van der Waals surface area contributed by atoms with Crippen molar-refractivity contribution in [3.8, 4) is 0 Å². The Bertz CT molecular complexity index is 183. The topological polar surface area (TPSA) is 50.1 Å². The van der Waals surface area contributed by atoms with Gasteiger partial charge < -0.3 is 16.4 Å². The fourth-order valence-corrected chi connectivity index (χ4v) is 2.87. The van der Waals surface area contributed by atoms with E-state index in [2.05, 4.69) is 38.3 Å². The molecule has 1 saturated heterocycles. The monoisotopic (exact) mass is 213 g/mol. The molecule has 0 aromatic carbocycles. The molecule has 0 aromatic rings. The van der Waals surface area contributed by atoms with Gasteiger partial charge in [0.05, 0.1) is 0 Å². The molecule has 1 aliphatic rings. The van der Waals surface area contributed by atoms with Crippen molar-refractivity contribution in [3.05, 3.63) is 0 Å². The minimum absolute atomic E-state index is 0.238. The van der Waals surface area contributed by atoms with Gasteiger partial charge in [-0.05, 0) is 60.0 Å². The van der Waals surface area contributed by atoms with E-state index in [9.17, 15) is 0 Å². The van der Waals surface area contributed by atoms with Crippen molar-refractivity contribution in [3.63, 3.8) is 0 Å². The molecule has 3 heteroatoms. The zero-order valence-corrected chi connectivity index (χ0v) is 10.7. The van der Waals surface area contributed by atoms with Crippen LogP contribution in [0.25, 0.3) is 0 Å². The van der Waals surface area contributed by atoms with E-state index in [1.54, 1.807) is 0 Å². The number of nitrogens with two attached hydrogens (primary N) is 1. The predicted molar refractivity (Wildman–Crippen MR) is 66.0 cm³/mol. The molecule has 0 amide bonds. The first kappa shape index (κ1) is 12.9. The van der Waals surface area contributed by atoms with Crippen molar-refractivity contribution in [2.24, 2.45) is 5.73 Å². The molecule has 0 spiro atoms. The van der Waals surface area contributed by atoms with E-state index >= 15 is 0 Å². The lowest BCUT2D eigenvalue weighted by Crippen LogP contribution is -2.61. The Balaban J connectivity index is 2.44. The van der Waals surface area contributed by atoms with Crippen LogP contribution in [0.2, 0.25) is 0 Å². The molecule has 15 heavy (non-hydrogen) atoms. The lowest BCUT2D eigenvalue weighted by Gasteiger charge is -2.46. The summed E-state index contributed by atoms with van der Waals surface area (Å²) in [5.41, 5.74) is 5.97. The molecule has 1 heterocycles. The first-order valence-corrected chi connectivity index (χ1v) is 6.07. The average Bonchev–Trinajstić information content (AvgIpc) is 1.98. The Labute approximate surface area is 94.2 Å². The number of hydrogen-bond acceptors (Lipinski definition) is 3. The number of hydrogen-bond donors (Lipinski definition) is 3.